The summed E-state index contributed by atoms with van der Waals surface area (Å²) in [5, 5.41) is 8.66. The summed E-state index contributed by atoms with van der Waals surface area (Å²) in [6, 6.07) is 16.7. The minimum Gasteiger partial charge on any atom is -0.369 e. The number of anilines is 2. The fourth-order valence-corrected chi connectivity index (χ4v) is 3.90. The van der Waals surface area contributed by atoms with Crippen LogP contribution < -0.4 is 10.6 Å². The number of hydrogen-bond acceptors (Lipinski definition) is 6. The highest BCUT2D eigenvalue weighted by Crippen LogP contribution is 2.25. The Hall–Kier alpha value is -3.71. The summed E-state index contributed by atoms with van der Waals surface area (Å²) >= 11 is 0. The molecular weight excluding hydrogens is 386 g/mol. The Balaban J connectivity index is 1.33. The van der Waals surface area contributed by atoms with E-state index in [0.717, 1.165) is 59.6 Å². The molecule has 1 saturated heterocycles. The van der Waals surface area contributed by atoms with Gasteiger partial charge in [0.1, 0.15) is 0 Å². The molecule has 3 heterocycles. The molecule has 0 spiro atoms. The van der Waals surface area contributed by atoms with Crippen molar-refractivity contribution in [2.45, 2.75) is 0 Å². The molecule has 7 heteroatoms. The van der Waals surface area contributed by atoms with E-state index in [0.29, 0.717) is 0 Å². The first-order chi connectivity index (χ1) is 15.2. The molecule has 0 radical (unpaired) electrons. The van der Waals surface area contributed by atoms with Crippen molar-refractivity contribution in [1.82, 2.24) is 25.1 Å². The molecule has 2 aromatic heterocycles. The molecule has 0 atom stereocenters. The highest BCUT2D eigenvalue weighted by Gasteiger charge is 2.13. The Morgan fingerprint density at radius 3 is 2.55 bits per heavy atom. The maximum atomic E-state index is 5.71. The molecule has 7 nitrogen and oxygen atoms in total. The fourth-order valence-electron chi connectivity index (χ4n) is 3.90. The number of hydrogen-bond donors (Lipinski definition) is 2. The Bertz CT molecular complexity index is 1220. The van der Waals surface area contributed by atoms with E-state index in [2.05, 4.69) is 73.4 Å². The molecule has 5 rings (SSSR count). The first kappa shape index (κ1) is 19.3. The van der Waals surface area contributed by atoms with E-state index in [1.807, 2.05) is 24.3 Å². The minimum absolute atomic E-state index is 0.268. The number of aromatic nitrogens is 4. The van der Waals surface area contributed by atoms with Gasteiger partial charge in [0.15, 0.2) is 0 Å². The average molecular weight is 412 g/mol. The van der Waals surface area contributed by atoms with E-state index in [1.54, 1.807) is 6.20 Å². The smallest absolute Gasteiger partial charge is 0.220 e. The van der Waals surface area contributed by atoms with Crippen LogP contribution >= 0.6 is 0 Å². The Morgan fingerprint density at radius 2 is 1.77 bits per heavy atom. The zero-order valence-corrected chi connectivity index (χ0v) is 17.5. The molecule has 0 aliphatic carbocycles. The van der Waals surface area contributed by atoms with Crippen LogP contribution in [0.4, 0.5) is 11.6 Å². The molecular formula is C24H25N7. The maximum absolute atomic E-state index is 5.71. The summed E-state index contributed by atoms with van der Waals surface area (Å²) in [6.07, 6.45) is 5.81. The van der Waals surface area contributed by atoms with Gasteiger partial charge >= 0.3 is 0 Å². The summed E-state index contributed by atoms with van der Waals surface area (Å²) in [5.74, 6) is 0.268. The van der Waals surface area contributed by atoms with Crippen molar-refractivity contribution in [3.8, 4) is 11.3 Å². The van der Waals surface area contributed by atoms with Crippen LogP contribution in [0.25, 0.3) is 34.3 Å². The molecule has 1 aliphatic heterocycles. The third kappa shape index (κ3) is 4.13. The number of nitrogens with two attached hydrogens (primary N) is 1. The summed E-state index contributed by atoms with van der Waals surface area (Å²) in [4.78, 5) is 13.1. The van der Waals surface area contributed by atoms with Crippen molar-refractivity contribution in [3.63, 3.8) is 0 Å². The standard InChI is InChI=1S/C24H25N7/c1-30-12-14-31(15-13-30)19-6-2-17(3-7-19)4-9-22-20-8-5-18(16-23(20)29-28-22)21-10-11-26-24(25)27-21/h2-11,16H,12-15H2,1H3,(H,28,29)(H2,25,26,27)/b9-4+. The van der Waals surface area contributed by atoms with Crippen LogP contribution in [-0.2, 0) is 0 Å². The number of rotatable bonds is 4. The van der Waals surface area contributed by atoms with Gasteiger partial charge in [0.25, 0.3) is 0 Å². The van der Waals surface area contributed by atoms with Crippen LogP contribution in [0.5, 0.6) is 0 Å². The molecule has 4 aromatic rings. The van der Waals surface area contributed by atoms with E-state index < -0.39 is 0 Å². The van der Waals surface area contributed by atoms with Crippen LogP contribution in [-0.4, -0.2) is 58.3 Å². The molecule has 31 heavy (non-hydrogen) atoms. The van der Waals surface area contributed by atoms with Gasteiger partial charge in [0.2, 0.25) is 5.95 Å². The molecule has 0 saturated carbocycles. The predicted octanol–water partition coefficient (Wildman–Crippen LogP) is 3.52. The van der Waals surface area contributed by atoms with Crippen molar-refractivity contribution in [3.05, 3.63) is 66.0 Å². The summed E-state index contributed by atoms with van der Waals surface area (Å²) < 4.78 is 0. The molecule has 1 aliphatic rings. The van der Waals surface area contributed by atoms with Crippen LogP contribution in [0, 0.1) is 0 Å². The number of likely N-dealkylation sites (N-methyl/N-ethyl adjacent to an activating group) is 1. The summed E-state index contributed by atoms with van der Waals surface area (Å²) in [6.45, 7) is 4.38. The van der Waals surface area contributed by atoms with Gasteiger partial charge in [-0.05, 0) is 49.0 Å². The lowest BCUT2D eigenvalue weighted by Gasteiger charge is -2.34. The number of nitrogens with zero attached hydrogens (tertiary/aromatic N) is 5. The monoisotopic (exact) mass is 411 g/mol. The van der Waals surface area contributed by atoms with Gasteiger partial charge in [-0.3, -0.25) is 5.10 Å². The number of aromatic amines is 1. The topological polar surface area (TPSA) is 87.0 Å². The van der Waals surface area contributed by atoms with Gasteiger partial charge in [0.05, 0.1) is 16.9 Å². The molecule has 1 fully saturated rings. The van der Waals surface area contributed by atoms with Gasteiger partial charge in [0, 0.05) is 49.0 Å². The van der Waals surface area contributed by atoms with Gasteiger partial charge in [-0.15, -0.1) is 0 Å². The second-order valence-corrected chi connectivity index (χ2v) is 7.88. The quantitative estimate of drug-likeness (QED) is 0.534. The number of fused-ring (bicyclic) bond motifs is 1. The molecule has 2 aromatic carbocycles. The SMILES string of the molecule is CN1CCN(c2ccc(/C=C/c3n[nH]c4cc(-c5ccnc(N)n5)ccc34)cc2)CC1. The Labute approximate surface area is 181 Å². The highest BCUT2D eigenvalue weighted by molar-refractivity contribution is 5.91. The van der Waals surface area contributed by atoms with E-state index in [-0.39, 0.29) is 5.95 Å². The first-order valence-electron chi connectivity index (χ1n) is 10.4. The van der Waals surface area contributed by atoms with E-state index in [9.17, 15) is 0 Å². The largest absolute Gasteiger partial charge is 0.369 e. The zero-order chi connectivity index (χ0) is 21.2. The van der Waals surface area contributed by atoms with Crippen molar-refractivity contribution in [2.75, 3.05) is 43.9 Å². The third-order valence-electron chi connectivity index (χ3n) is 5.76. The van der Waals surface area contributed by atoms with Crippen molar-refractivity contribution < 1.29 is 0 Å². The lowest BCUT2D eigenvalue weighted by molar-refractivity contribution is 0.313. The maximum Gasteiger partial charge on any atom is 0.220 e. The number of benzene rings is 2. The number of nitrogen functional groups attached to an aromatic ring is 1. The van der Waals surface area contributed by atoms with Gasteiger partial charge < -0.3 is 15.5 Å². The van der Waals surface area contributed by atoms with Crippen molar-refractivity contribution in [1.29, 1.82) is 0 Å². The number of piperazine rings is 1. The molecule has 0 unspecified atom stereocenters. The summed E-state index contributed by atoms with van der Waals surface area (Å²) in [5.41, 5.74) is 11.8. The summed E-state index contributed by atoms with van der Waals surface area (Å²) in [7, 11) is 2.18. The number of nitrogens with one attached hydrogen (secondary N) is 1. The predicted molar refractivity (Wildman–Crippen MR) is 127 cm³/mol. The second-order valence-electron chi connectivity index (χ2n) is 7.88. The second kappa shape index (κ2) is 8.20. The lowest BCUT2D eigenvalue weighted by atomic mass is 10.1. The van der Waals surface area contributed by atoms with Crippen LogP contribution in [0.2, 0.25) is 0 Å². The molecule has 0 bridgehead atoms. The third-order valence-corrected chi connectivity index (χ3v) is 5.76. The van der Waals surface area contributed by atoms with Gasteiger partial charge in [-0.2, -0.15) is 5.10 Å². The van der Waals surface area contributed by atoms with E-state index >= 15 is 0 Å². The average Bonchev–Trinajstić information content (AvgIpc) is 3.21. The van der Waals surface area contributed by atoms with Crippen molar-refractivity contribution in [2.24, 2.45) is 0 Å². The molecule has 3 N–H and O–H groups in total. The highest BCUT2D eigenvalue weighted by atomic mass is 15.2. The molecule has 156 valence electrons. The Morgan fingerprint density at radius 1 is 0.968 bits per heavy atom. The molecule has 0 amide bonds. The number of H-pyrrole nitrogens is 1. The Kier molecular flexibility index (Phi) is 5.09. The lowest BCUT2D eigenvalue weighted by Crippen LogP contribution is -2.44. The van der Waals surface area contributed by atoms with E-state index in [1.165, 1.54) is 5.69 Å². The van der Waals surface area contributed by atoms with Gasteiger partial charge in [-0.25, -0.2) is 9.97 Å². The van der Waals surface area contributed by atoms with Crippen LogP contribution in [0.3, 0.4) is 0 Å². The minimum atomic E-state index is 0.268. The first-order valence-corrected chi connectivity index (χ1v) is 10.4. The van der Waals surface area contributed by atoms with E-state index in [4.69, 9.17) is 5.73 Å². The zero-order valence-electron chi connectivity index (χ0n) is 17.5. The van der Waals surface area contributed by atoms with Gasteiger partial charge in [-0.1, -0.05) is 24.3 Å². The van der Waals surface area contributed by atoms with Crippen molar-refractivity contribution >= 4 is 34.7 Å². The van der Waals surface area contributed by atoms with Crippen LogP contribution in [0.15, 0.2) is 54.7 Å². The fraction of sp³-hybridized carbons (Fsp3) is 0.208. The normalized spacial score (nSPS) is 15.2. The van der Waals surface area contributed by atoms with Crippen LogP contribution in [0.1, 0.15) is 11.3 Å².